The zero-order chi connectivity index (χ0) is 17.6. The van der Waals surface area contributed by atoms with Crippen molar-refractivity contribution in [2.24, 2.45) is 0 Å². The lowest BCUT2D eigenvalue weighted by Gasteiger charge is -2.24. The molecule has 7 heteroatoms. The minimum absolute atomic E-state index is 0.146. The molecule has 2 aromatic carbocycles. The van der Waals surface area contributed by atoms with Gasteiger partial charge in [0.25, 0.3) is 5.91 Å². The van der Waals surface area contributed by atoms with Crippen LogP contribution in [0.1, 0.15) is 23.0 Å². The van der Waals surface area contributed by atoms with Crippen molar-refractivity contribution < 1.29 is 9.59 Å². The number of aromatic nitrogens is 1. The number of hydrogen-bond donors (Lipinski definition) is 2. The van der Waals surface area contributed by atoms with E-state index < -0.39 is 6.04 Å². The average molecular weight is 352 g/mol. The molecule has 0 aliphatic carbocycles. The molecule has 0 saturated carbocycles. The summed E-state index contributed by atoms with van der Waals surface area (Å²) in [5, 5.41) is 7.00. The van der Waals surface area contributed by atoms with Crippen molar-refractivity contribution in [1.29, 1.82) is 0 Å². The third-order valence-electron chi connectivity index (χ3n) is 4.37. The molecular formula is C18H16N4O2S. The van der Waals surface area contributed by atoms with E-state index in [9.17, 15) is 9.59 Å². The van der Waals surface area contributed by atoms with Crippen LogP contribution in [0.15, 0.2) is 41.8 Å². The summed E-state index contributed by atoms with van der Waals surface area (Å²) in [6.45, 7) is 2.02. The molecule has 0 fully saturated rings. The number of nitrogens with two attached hydrogens (primary N) is 1. The number of nitrogens with one attached hydrogen (secondary N) is 1. The Bertz CT molecular complexity index is 992. The lowest BCUT2D eigenvalue weighted by molar-refractivity contribution is -0.122. The highest BCUT2D eigenvalue weighted by Crippen LogP contribution is 2.38. The number of nitrogens with zero attached hydrogens (tertiary/aromatic N) is 2. The Kier molecular flexibility index (Phi) is 3.65. The fraction of sp³-hybridized carbons (Fsp3) is 0.167. The molecule has 0 spiro atoms. The number of nitrogen functional groups attached to an aromatic ring is 1. The second-order valence-electron chi connectivity index (χ2n) is 5.93. The van der Waals surface area contributed by atoms with Gasteiger partial charge in [-0.25, -0.2) is 4.98 Å². The number of anilines is 2. The maximum absolute atomic E-state index is 12.8. The number of amides is 2. The summed E-state index contributed by atoms with van der Waals surface area (Å²) in [4.78, 5) is 31.1. The first-order valence-corrected chi connectivity index (χ1v) is 8.77. The molecule has 6 nitrogen and oxygen atoms in total. The van der Waals surface area contributed by atoms with Gasteiger partial charge in [-0.3, -0.25) is 14.5 Å². The highest BCUT2D eigenvalue weighted by molar-refractivity contribution is 7.13. The molecule has 1 aliphatic rings. The zero-order valence-corrected chi connectivity index (χ0v) is 14.3. The second kappa shape index (κ2) is 5.86. The fourth-order valence-corrected chi connectivity index (χ4v) is 3.73. The standard InChI is InChI=1S/C18H16N4O2S/c1-10(16(23)20-8-12-9-25-18(19)21-12)22-14-7-3-5-11-4-2-6-13(15(11)14)17(22)24/h2-7,9-10H,8H2,1H3,(H2,19,21)(H,20,23). The van der Waals surface area contributed by atoms with Gasteiger partial charge in [-0.2, -0.15) is 0 Å². The van der Waals surface area contributed by atoms with Crippen LogP contribution < -0.4 is 16.0 Å². The van der Waals surface area contributed by atoms with Crippen molar-refractivity contribution in [3.63, 3.8) is 0 Å². The van der Waals surface area contributed by atoms with Crippen molar-refractivity contribution in [3.05, 3.63) is 53.0 Å². The van der Waals surface area contributed by atoms with Gasteiger partial charge in [0.05, 0.1) is 17.9 Å². The minimum Gasteiger partial charge on any atom is -0.375 e. The van der Waals surface area contributed by atoms with Crippen molar-refractivity contribution >= 4 is 44.7 Å². The van der Waals surface area contributed by atoms with Gasteiger partial charge in [-0.15, -0.1) is 11.3 Å². The maximum Gasteiger partial charge on any atom is 0.259 e. The molecule has 3 aromatic rings. The number of hydrogen-bond acceptors (Lipinski definition) is 5. The van der Waals surface area contributed by atoms with Crippen molar-refractivity contribution in [3.8, 4) is 0 Å². The third-order valence-corrected chi connectivity index (χ3v) is 5.09. The Morgan fingerprint density at radius 2 is 2.08 bits per heavy atom. The second-order valence-corrected chi connectivity index (χ2v) is 6.82. The molecule has 0 saturated heterocycles. The smallest absolute Gasteiger partial charge is 0.259 e. The van der Waals surface area contributed by atoms with Gasteiger partial charge in [0, 0.05) is 16.3 Å². The van der Waals surface area contributed by atoms with E-state index in [4.69, 9.17) is 5.73 Å². The predicted octanol–water partition coefficient (Wildman–Crippen LogP) is 2.54. The van der Waals surface area contributed by atoms with E-state index in [0.717, 1.165) is 16.5 Å². The van der Waals surface area contributed by atoms with Crippen LogP contribution in [0.5, 0.6) is 0 Å². The van der Waals surface area contributed by atoms with Gasteiger partial charge in [0.2, 0.25) is 5.91 Å². The number of carbonyl (C=O) groups is 2. The van der Waals surface area contributed by atoms with Crippen LogP contribution in [-0.4, -0.2) is 22.8 Å². The first-order chi connectivity index (χ1) is 12.1. The van der Waals surface area contributed by atoms with Crippen LogP contribution >= 0.6 is 11.3 Å². The first kappa shape index (κ1) is 15.6. The summed E-state index contributed by atoms with van der Waals surface area (Å²) in [7, 11) is 0. The first-order valence-electron chi connectivity index (χ1n) is 7.89. The van der Waals surface area contributed by atoms with Crippen LogP contribution in [0.25, 0.3) is 10.8 Å². The molecule has 126 valence electrons. The Hall–Kier alpha value is -2.93. The quantitative estimate of drug-likeness (QED) is 0.755. The number of benzene rings is 2. The Balaban J connectivity index is 1.58. The van der Waals surface area contributed by atoms with Crippen molar-refractivity contribution in [2.75, 3.05) is 10.6 Å². The Morgan fingerprint density at radius 3 is 2.80 bits per heavy atom. The Morgan fingerprint density at radius 1 is 1.32 bits per heavy atom. The molecular weight excluding hydrogens is 336 g/mol. The zero-order valence-electron chi connectivity index (χ0n) is 13.5. The summed E-state index contributed by atoms with van der Waals surface area (Å²) in [5.74, 6) is -0.378. The molecule has 1 aliphatic heterocycles. The Labute approximate surface area is 148 Å². The fourth-order valence-electron chi connectivity index (χ4n) is 3.17. The van der Waals surface area contributed by atoms with Crippen LogP contribution in [0.4, 0.5) is 10.8 Å². The lowest BCUT2D eigenvalue weighted by Crippen LogP contribution is -2.46. The summed E-state index contributed by atoms with van der Waals surface area (Å²) >= 11 is 1.33. The highest BCUT2D eigenvalue weighted by atomic mass is 32.1. The molecule has 2 amide bonds. The third kappa shape index (κ3) is 2.53. The van der Waals surface area contributed by atoms with E-state index in [1.54, 1.807) is 23.3 Å². The molecule has 1 atom stereocenters. The van der Waals surface area contributed by atoms with Gasteiger partial charge in [-0.05, 0) is 24.4 Å². The van der Waals surface area contributed by atoms with E-state index in [1.807, 2.05) is 30.3 Å². The van der Waals surface area contributed by atoms with E-state index >= 15 is 0 Å². The SMILES string of the molecule is CC(C(=O)NCc1csc(N)n1)N1C(=O)c2cccc3cccc1c23. The molecule has 1 unspecified atom stereocenters. The summed E-state index contributed by atoms with van der Waals surface area (Å²) < 4.78 is 0. The minimum atomic E-state index is -0.624. The van der Waals surface area contributed by atoms with Crippen LogP contribution in [0.3, 0.4) is 0 Å². The molecule has 1 aromatic heterocycles. The molecule has 4 rings (SSSR count). The van der Waals surface area contributed by atoms with Gasteiger partial charge >= 0.3 is 0 Å². The molecule has 0 radical (unpaired) electrons. The highest BCUT2D eigenvalue weighted by Gasteiger charge is 2.35. The van der Waals surface area contributed by atoms with Crippen molar-refractivity contribution in [1.82, 2.24) is 10.3 Å². The number of thiazole rings is 1. The van der Waals surface area contributed by atoms with E-state index in [-0.39, 0.29) is 18.4 Å². The summed E-state index contributed by atoms with van der Waals surface area (Å²) in [6, 6.07) is 10.8. The molecule has 25 heavy (non-hydrogen) atoms. The van der Waals surface area contributed by atoms with Gasteiger partial charge in [-0.1, -0.05) is 24.3 Å². The van der Waals surface area contributed by atoms with E-state index in [1.165, 1.54) is 11.3 Å². The lowest BCUT2D eigenvalue weighted by atomic mass is 10.1. The van der Waals surface area contributed by atoms with E-state index in [0.29, 0.717) is 16.4 Å². The van der Waals surface area contributed by atoms with Gasteiger partial charge in [0.15, 0.2) is 5.13 Å². The maximum atomic E-state index is 12.8. The van der Waals surface area contributed by atoms with Crippen LogP contribution in [-0.2, 0) is 11.3 Å². The average Bonchev–Trinajstić information content (AvgIpc) is 3.16. The van der Waals surface area contributed by atoms with Crippen molar-refractivity contribution in [2.45, 2.75) is 19.5 Å². The van der Waals surface area contributed by atoms with Gasteiger partial charge < -0.3 is 11.1 Å². The van der Waals surface area contributed by atoms with Crippen LogP contribution in [0, 0.1) is 0 Å². The van der Waals surface area contributed by atoms with E-state index in [2.05, 4.69) is 10.3 Å². The monoisotopic (exact) mass is 352 g/mol. The molecule has 0 bridgehead atoms. The summed E-state index contributed by atoms with van der Waals surface area (Å²) in [6.07, 6.45) is 0. The topological polar surface area (TPSA) is 88.3 Å². The van der Waals surface area contributed by atoms with Crippen LogP contribution in [0.2, 0.25) is 0 Å². The number of carbonyl (C=O) groups excluding carboxylic acids is 2. The molecule has 2 heterocycles. The molecule has 3 N–H and O–H groups in total. The van der Waals surface area contributed by atoms with Gasteiger partial charge in [0.1, 0.15) is 6.04 Å². The normalized spacial score (nSPS) is 14.1. The summed E-state index contributed by atoms with van der Waals surface area (Å²) in [5.41, 5.74) is 7.72. The number of rotatable bonds is 4. The largest absolute Gasteiger partial charge is 0.375 e. The predicted molar refractivity (Wildman–Crippen MR) is 98.6 cm³/mol.